The molecule has 0 unspecified atom stereocenters. The van der Waals surface area contributed by atoms with Crippen LogP contribution in [0.3, 0.4) is 0 Å². The average molecular weight is 493 g/mol. The molecule has 6 aromatic rings. The van der Waals surface area contributed by atoms with Crippen molar-refractivity contribution in [2.45, 2.75) is 0 Å². The highest BCUT2D eigenvalue weighted by Gasteiger charge is 2.16. The van der Waals surface area contributed by atoms with E-state index in [1.54, 1.807) is 24.5 Å². The zero-order valence-corrected chi connectivity index (χ0v) is 20.5. The molecule has 8 heteroatoms. The summed E-state index contributed by atoms with van der Waals surface area (Å²) >= 11 is 0. The van der Waals surface area contributed by atoms with E-state index in [4.69, 9.17) is 9.72 Å². The molecule has 0 bridgehead atoms. The highest BCUT2D eigenvalue weighted by molar-refractivity contribution is 6.00. The lowest BCUT2D eigenvalue weighted by Crippen LogP contribution is -2.19. The van der Waals surface area contributed by atoms with Crippen molar-refractivity contribution in [2.24, 2.45) is 0 Å². The lowest BCUT2D eigenvalue weighted by Gasteiger charge is -2.11. The van der Waals surface area contributed by atoms with Crippen molar-refractivity contribution in [1.82, 2.24) is 30.0 Å². The molecule has 0 saturated heterocycles. The van der Waals surface area contributed by atoms with E-state index in [1.165, 1.54) is 6.07 Å². The van der Waals surface area contributed by atoms with Crippen molar-refractivity contribution in [3.05, 3.63) is 84.9 Å². The quantitative estimate of drug-likeness (QED) is 0.289. The monoisotopic (exact) mass is 492 g/mol. The summed E-state index contributed by atoms with van der Waals surface area (Å²) < 4.78 is 20.4. The molecular weight excluding hydrogens is 467 g/mol. The minimum atomic E-state index is -0.254. The standard InChI is InChI=1S/C29H25FN6O/c1-36(2)12-13-37-19-14-18(16-31-17-19)24-10-11-26-28(33-24)29(35-34-26)27-15-22-20(7-5-9-25(22)32-27)21-6-3-4-8-23(21)30/h3-11,14-17,32H,12-13H2,1-2H3,(H,34,35). The first kappa shape index (κ1) is 22.9. The number of fused-ring (bicyclic) bond motifs is 2. The number of hydrogen-bond acceptors (Lipinski definition) is 5. The van der Waals surface area contributed by atoms with Crippen LogP contribution >= 0.6 is 0 Å². The molecule has 0 amide bonds. The molecule has 0 saturated carbocycles. The van der Waals surface area contributed by atoms with Crippen LogP contribution in [-0.2, 0) is 0 Å². The van der Waals surface area contributed by atoms with Crippen LogP contribution in [0.5, 0.6) is 5.75 Å². The Labute approximate surface area is 213 Å². The molecule has 2 aromatic carbocycles. The average Bonchev–Trinajstić information content (AvgIpc) is 3.52. The van der Waals surface area contributed by atoms with Crippen LogP contribution in [0, 0.1) is 5.82 Å². The Kier molecular flexibility index (Phi) is 5.86. The summed E-state index contributed by atoms with van der Waals surface area (Å²) in [5.41, 5.74) is 6.95. The fourth-order valence-corrected chi connectivity index (χ4v) is 4.43. The van der Waals surface area contributed by atoms with Crippen LogP contribution in [0.4, 0.5) is 4.39 Å². The number of pyridine rings is 2. The van der Waals surface area contributed by atoms with Crippen molar-refractivity contribution in [2.75, 3.05) is 27.2 Å². The molecule has 0 fully saturated rings. The molecule has 0 radical (unpaired) electrons. The molecule has 0 aliphatic rings. The van der Waals surface area contributed by atoms with Crippen molar-refractivity contribution >= 4 is 21.9 Å². The number of hydrogen-bond donors (Lipinski definition) is 2. The largest absolute Gasteiger partial charge is 0.491 e. The predicted octanol–water partition coefficient (Wildman–Crippen LogP) is 5.91. The van der Waals surface area contributed by atoms with Gasteiger partial charge in [0.1, 0.15) is 29.4 Å². The molecule has 0 aliphatic heterocycles. The Balaban J connectivity index is 1.39. The van der Waals surface area contributed by atoms with E-state index in [-0.39, 0.29) is 5.82 Å². The maximum Gasteiger partial charge on any atom is 0.138 e. The number of nitrogens with one attached hydrogen (secondary N) is 2. The van der Waals surface area contributed by atoms with Gasteiger partial charge in [-0.1, -0.05) is 30.3 Å². The molecule has 184 valence electrons. The van der Waals surface area contributed by atoms with Crippen LogP contribution in [0.2, 0.25) is 0 Å². The second kappa shape index (κ2) is 9.48. The van der Waals surface area contributed by atoms with Gasteiger partial charge in [0.2, 0.25) is 0 Å². The van der Waals surface area contributed by atoms with E-state index in [0.29, 0.717) is 23.6 Å². The number of nitrogens with zero attached hydrogens (tertiary/aromatic N) is 4. The summed E-state index contributed by atoms with van der Waals surface area (Å²) in [5, 5.41) is 8.55. The smallest absolute Gasteiger partial charge is 0.138 e. The number of H-pyrrole nitrogens is 2. The summed E-state index contributed by atoms with van der Waals surface area (Å²) in [7, 11) is 4.02. The van der Waals surface area contributed by atoms with E-state index in [2.05, 4.69) is 25.1 Å². The van der Waals surface area contributed by atoms with Gasteiger partial charge in [0.15, 0.2) is 0 Å². The molecule has 7 nitrogen and oxygen atoms in total. The highest BCUT2D eigenvalue weighted by Crippen LogP contribution is 2.35. The zero-order chi connectivity index (χ0) is 25.4. The zero-order valence-electron chi connectivity index (χ0n) is 20.5. The summed E-state index contributed by atoms with van der Waals surface area (Å²) in [4.78, 5) is 14.8. The second-order valence-corrected chi connectivity index (χ2v) is 9.16. The third-order valence-electron chi connectivity index (χ3n) is 6.31. The number of aromatic amines is 2. The Morgan fingerprint density at radius 1 is 0.919 bits per heavy atom. The molecule has 4 aromatic heterocycles. The third-order valence-corrected chi connectivity index (χ3v) is 6.31. The number of ether oxygens (including phenoxy) is 1. The molecule has 2 N–H and O–H groups in total. The van der Waals surface area contributed by atoms with Gasteiger partial charge in [-0.05, 0) is 56.1 Å². The first-order chi connectivity index (χ1) is 18.1. The molecular formula is C29H25FN6O. The van der Waals surface area contributed by atoms with Crippen molar-refractivity contribution < 1.29 is 9.13 Å². The van der Waals surface area contributed by atoms with Gasteiger partial charge in [0, 0.05) is 34.8 Å². The fraction of sp³-hybridized carbons (Fsp3) is 0.138. The maximum absolute atomic E-state index is 14.6. The first-order valence-corrected chi connectivity index (χ1v) is 12.0. The SMILES string of the molecule is CN(C)CCOc1cncc(-c2ccc3[nH]nc(-c4cc5c(-c6ccccc6F)cccc5[nH]4)c3n2)c1. The van der Waals surface area contributed by atoms with Crippen molar-refractivity contribution in [3.63, 3.8) is 0 Å². The van der Waals surface area contributed by atoms with Gasteiger partial charge in [0.25, 0.3) is 0 Å². The second-order valence-electron chi connectivity index (χ2n) is 9.16. The molecule has 0 aliphatic carbocycles. The lowest BCUT2D eigenvalue weighted by atomic mass is 10.0. The van der Waals surface area contributed by atoms with Crippen LogP contribution < -0.4 is 4.74 Å². The van der Waals surface area contributed by atoms with E-state index in [9.17, 15) is 4.39 Å². The van der Waals surface area contributed by atoms with Crippen LogP contribution in [0.1, 0.15) is 0 Å². The van der Waals surface area contributed by atoms with Gasteiger partial charge in [-0.2, -0.15) is 5.10 Å². The lowest BCUT2D eigenvalue weighted by molar-refractivity contribution is 0.261. The highest BCUT2D eigenvalue weighted by atomic mass is 19.1. The Bertz CT molecular complexity index is 1720. The van der Waals surface area contributed by atoms with Gasteiger partial charge in [-0.25, -0.2) is 9.37 Å². The third kappa shape index (κ3) is 4.43. The van der Waals surface area contributed by atoms with Crippen LogP contribution in [0.15, 0.2) is 79.1 Å². The van der Waals surface area contributed by atoms with E-state index >= 15 is 0 Å². The minimum absolute atomic E-state index is 0.254. The molecule has 4 heterocycles. The number of aromatic nitrogens is 5. The van der Waals surface area contributed by atoms with Crippen molar-refractivity contribution in [1.29, 1.82) is 0 Å². The van der Waals surface area contributed by atoms with Crippen molar-refractivity contribution in [3.8, 4) is 39.5 Å². The van der Waals surface area contributed by atoms with Gasteiger partial charge in [-0.3, -0.25) is 10.1 Å². The van der Waals surface area contributed by atoms with E-state index in [1.807, 2.05) is 62.6 Å². The van der Waals surface area contributed by atoms with Gasteiger partial charge < -0.3 is 14.6 Å². The van der Waals surface area contributed by atoms with Crippen LogP contribution in [-0.4, -0.2) is 57.3 Å². The van der Waals surface area contributed by atoms with Gasteiger partial charge in [0.05, 0.1) is 23.1 Å². The molecule has 0 spiro atoms. The Morgan fingerprint density at radius 2 is 1.78 bits per heavy atom. The number of benzene rings is 2. The summed E-state index contributed by atoms with van der Waals surface area (Å²) in [6.45, 7) is 1.39. The van der Waals surface area contributed by atoms with Gasteiger partial charge in [-0.15, -0.1) is 0 Å². The summed E-state index contributed by atoms with van der Waals surface area (Å²) in [6, 6.07) is 20.5. The van der Waals surface area contributed by atoms with Crippen LogP contribution in [0.25, 0.3) is 55.7 Å². The maximum atomic E-state index is 14.6. The molecule has 0 atom stereocenters. The minimum Gasteiger partial charge on any atom is -0.491 e. The number of halogens is 1. The summed E-state index contributed by atoms with van der Waals surface area (Å²) in [6.07, 6.45) is 3.48. The molecule has 37 heavy (non-hydrogen) atoms. The number of likely N-dealkylation sites (N-methyl/N-ethyl adjacent to an activating group) is 1. The normalized spacial score (nSPS) is 11.6. The van der Waals surface area contributed by atoms with E-state index < -0.39 is 0 Å². The topological polar surface area (TPSA) is 82.7 Å². The number of rotatable bonds is 7. The van der Waals surface area contributed by atoms with E-state index in [0.717, 1.165) is 51.0 Å². The summed E-state index contributed by atoms with van der Waals surface area (Å²) in [5.74, 6) is 0.445. The first-order valence-electron chi connectivity index (χ1n) is 12.0. The van der Waals surface area contributed by atoms with Gasteiger partial charge >= 0.3 is 0 Å². The fourth-order valence-electron chi connectivity index (χ4n) is 4.43. The Morgan fingerprint density at radius 3 is 2.65 bits per heavy atom. The molecule has 6 rings (SSSR count). The Hall–Kier alpha value is -4.56. The predicted molar refractivity (Wildman–Crippen MR) is 144 cm³/mol.